The molecule has 0 radical (unpaired) electrons. The molecule has 1 aromatic rings. The molecule has 0 bridgehead atoms. The fourth-order valence-corrected chi connectivity index (χ4v) is 2.85. The molecular weight excluding hydrogens is 458 g/mol. The molecule has 13 nitrogen and oxygen atoms in total. The molecule has 0 aliphatic carbocycles. The molecule has 182 valence electrons. The molecule has 1 rings (SSSR count). The predicted octanol–water partition coefficient (Wildman–Crippen LogP) is -3.40. The van der Waals surface area contributed by atoms with Crippen LogP contribution < -0.4 is 27.4 Å². The number of nitrogens with two attached hydrogens (primary N) is 2. The van der Waals surface area contributed by atoms with E-state index >= 15 is 0 Å². The number of aliphatic hydroxyl groups excluding tert-OH is 1. The number of aliphatic carboxylic acids is 1. The zero-order valence-electron chi connectivity index (χ0n) is 17.4. The highest BCUT2D eigenvalue weighted by atomic mass is 32.1. The smallest absolute Gasteiger partial charge is 0.326 e. The summed E-state index contributed by atoms with van der Waals surface area (Å²) < 4.78 is 0. The Balaban J connectivity index is 2.72. The van der Waals surface area contributed by atoms with Crippen LogP contribution in [-0.2, 0) is 30.4 Å². The lowest BCUT2D eigenvalue weighted by molar-refractivity contribution is -0.143. The maximum absolute atomic E-state index is 12.4. The van der Waals surface area contributed by atoms with E-state index in [-0.39, 0.29) is 17.9 Å². The number of amides is 4. The average molecular weight is 486 g/mol. The van der Waals surface area contributed by atoms with Crippen molar-refractivity contribution in [1.82, 2.24) is 16.0 Å². The zero-order chi connectivity index (χ0) is 25.1. The monoisotopic (exact) mass is 485 g/mol. The second-order valence-electron chi connectivity index (χ2n) is 7.03. The highest BCUT2D eigenvalue weighted by Crippen LogP contribution is 2.11. The predicted molar refractivity (Wildman–Crippen MR) is 118 cm³/mol. The van der Waals surface area contributed by atoms with E-state index in [1.165, 1.54) is 12.1 Å². The first-order valence-corrected chi connectivity index (χ1v) is 10.3. The normalized spacial score (nSPS) is 14.3. The van der Waals surface area contributed by atoms with Crippen molar-refractivity contribution in [3.63, 3.8) is 0 Å². The molecule has 0 saturated carbocycles. The number of aromatic hydroxyl groups is 1. The van der Waals surface area contributed by atoms with E-state index < -0.39 is 66.8 Å². The highest BCUT2D eigenvalue weighted by molar-refractivity contribution is 7.80. The molecule has 0 heterocycles. The number of aliphatic hydroxyl groups is 1. The third-order valence-corrected chi connectivity index (χ3v) is 4.74. The fraction of sp³-hybridized carbons (Fsp3) is 0.421. The Bertz CT molecular complexity index is 866. The van der Waals surface area contributed by atoms with Crippen molar-refractivity contribution >= 4 is 42.2 Å². The summed E-state index contributed by atoms with van der Waals surface area (Å²) in [6, 6.07) is 0.488. The van der Waals surface area contributed by atoms with Crippen molar-refractivity contribution in [2.24, 2.45) is 11.5 Å². The molecule has 4 amide bonds. The SMILES string of the molecule is NC(=O)CC(NC(=O)C(CS)NC(=O)C(CO)NC(=O)C(N)Cc1ccc(O)cc1)C(=O)O. The Kier molecular flexibility index (Phi) is 11.1. The van der Waals surface area contributed by atoms with Crippen LogP contribution in [0, 0.1) is 0 Å². The number of primary amides is 1. The third kappa shape index (κ3) is 9.34. The number of hydrogen-bond donors (Lipinski definition) is 9. The minimum absolute atomic E-state index is 0.0425. The van der Waals surface area contributed by atoms with E-state index in [9.17, 15) is 34.2 Å². The Morgan fingerprint density at radius 1 is 0.909 bits per heavy atom. The van der Waals surface area contributed by atoms with Crippen LogP contribution in [-0.4, -0.2) is 81.4 Å². The van der Waals surface area contributed by atoms with Crippen molar-refractivity contribution in [3.05, 3.63) is 29.8 Å². The van der Waals surface area contributed by atoms with Gasteiger partial charge in [-0.15, -0.1) is 0 Å². The van der Waals surface area contributed by atoms with E-state index in [1.807, 2.05) is 0 Å². The zero-order valence-corrected chi connectivity index (χ0v) is 18.3. The van der Waals surface area contributed by atoms with Crippen LogP contribution in [0.5, 0.6) is 5.75 Å². The average Bonchev–Trinajstić information content (AvgIpc) is 2.75. The van der Waals surface area contributed by atoms with E-state index in [0.717, 1.165) is 0 Å². The van der Waals surface area contributed by atoms with Crippen molar-refractivity contribution in [2.75, 3.05) is 12.4 Å². The molecule has 4 atom stereocenters. The molecule has 0 aliphatic heterocycles. The number of carboxylic acids is 1. The number of rotatable bonds is 13. The van der Waals surface area contributed by atoms with Gasteiger partial charge in [0.25, 0.3) is 0 Å². The largest absolute Gasteiger partial charge is 0.508 e. The molecule has 0 saturated heterocycles. The topological polar surface area (TPSA) is 234 Å². The Hall–Kier alpha value is -3.36. The van der Waals surface area contributed by atoms with Gasteiger partial charge in [-0.05, 0) is 24.1 Å². The third-order valence-electron chi connectivity index (χ3n) is 4.38. The number of carbonyl (C=O) groups is 5. The minimum atomic E-state index is -1.61. The van der Waals surface area contributed by atoms with Gasteiger partial charge in [0.2, 0.25) is 23.6 Å². The van der Waals surface area contributed by atoms with Gasteiger partial charge in [-0.25, -0.2) is 4.79 Å². The molecule has 10 N–H and O–H groups in total. The molecule has 0 aromatic heterocycles. The number of carbonyl (C=O) groups excluding carboxylic acids is 4. The van der Waals surface area contributed by atoms with Crippen molar-refractivity contribution in [2.45, 2.75) is 37.0 Å². The van der Waals surface area contributed by atoms with Crippen LogP contribution in [0.25, 0.3) is 0 Å². The summed E-state index contributed by atoms with van der Waals surface area (Å²) in [5.41, 5.74) is 11.4. The van der Waals surface area contributed by atoms with Gasteiger partial charge in [-0.2, -0.15) is 12.6 Å². The van der Waals surface area contributed by atoms with Crippen LogP contribution in [0.3, 0.4) is 0 Å². The van der Waals surface area contributed by atoms with Gasteiger partial charge in [0.15, 0.2) is 0 Å². The van der Waals surface area contributed by atoms with E-state index in [4.69, 9.17) is 16.6 Å². The maximum atomic E-state index is 12.4. The number of phenols is 1. The quantitative estimate of drug-likeness (QED) is 0.126. The molecule has 0 aliphatic rings. The molecule has 1 aromatic carbocycles. The molecule has 0 fully saturated rings. The van der Waals surface area contributed by atoms with Crippen LogP contribution in [0.4, 0.5) is 0 Å². The van der Waals surface area contributed by atoms with Crippen LogP contribution in [0.2, 0.25) is 0 Å². The van der Waals surface area contributed by atoms with Crippen molar-refractivity contribution in [1.29, 1.82) is 0 Å². The highest BCUT2D eigenvalue weighted by Gasteiger charge is 2.30. The number of nitrogens with one attached hydrogen (secondary N) is 3. The number of hydrogen-bond acceptors (Lipinski definition) is 9. The summed E-state index contributed by atoms with van der Waals surface area (Å²) in [5.74, 6) is -5.34. The Morgan fingerprint density at radius 2 is 1.42 bits per heavy atom. The van der Waals surface area contributed by atoms with Crippen molar-refractivity contribution < 1.29 is 39.3 Å². The number of benzene rings is 1. The summed E-state index contributed by atoms with van der Waals surface area (Å²) in [5, 5.41) is 34.4. The van der Waals surface area contributed by atoms with E-state index in [1.54, 1.807) is 12.1 Å². The standard InChI is InChI=1S/C19H27N5O8S/c20-11(5-9-1-3-10(26)4-2-9)16(28)23-13(7-25)17(29)24-14(8-33)18(30)22-12(19(31)32)6-15(21)27/h1-4,11-14,25-26,33H,5-8,20H2,(H2,21,27)(H,22,30)(H,23,28)(H,24,29)(H,31,32). The number of phenolic OH excluding ortho intramolecular Hbond substituents is 1. The first-order valence-electron chi connectivity index (χ1n) is 9.65. The Labute approximate surface area is 194 Å². The lowest BCUT2D eigenvalue weighted by Crippen LogP contribution is -2.58. The van der Waals surface area contributed by atoms with Gasteiger partial charge in [0.1, 0.15) is 23.9 Å². The molecule has 14 heteroatoms. The van der Waals surface area contributed by atoms with E-state index in [0.29, 0.717) is 5.56 Å². The summed E-state index contributed by atoms with van der Waals surface area (Å²) in [4.78, 5) is 59.2. The lowest BCUT2D eigenvalue weighted by Gasteiger charge is -2.23. The maximum Gasteiger partial charge on any atom is 0.326 e. The summed E-state index contributed by atoms with van der Waals surface area (Å²) in [7, 11) is 0. The Morgan fingerprint density at radius 3 is 1.91 bits per heavy atom. The van der Waals surface area contributed by atoms with E-state index in [2.05, 4.69) is 28.6 Å². The van der Waals surface area contributed by atoms with Gasteiger partial charge in [0.05, 0.1) is 19.1 Å². The van der Waals surface area contributed by atoms with Gasteiger partial charge in [-0.3, -0.25) is 19.2 Å². The number of thiol groups is 1. The molecule has 4 unspecified atom stereocenters. The molecule has 0 spiro atoms. The van der Waals surface area contributed by atoms with Gasteiger partial charge >= 0.3 is 5.97 Å². The summed E-state index contributed by atoms with van der Waals surface area (Å²) in [6.07, 6.45) is -0.577. The van der Waals surface area contributed by atoms with Gasteiger partial charge in [0, 0.05) is 5.75 Å². The second-order valence-corrected chi connectivity index (χ2v) is 7.40. The summed E-state index contributed by atoms with van der Waals surface area (Å²) >= 11 is 3.93. The van der Waals surface area contributed by atoms with Crippen LogP contribution in [0.15, 0.2) is 24.3 Å². The summed E-state index contributed by atoms with van der Waals surface area (Å²) in [6.45, 7) is -0.816. The minimum Gasteiger partial charge on any atom is -0.508 e. The lowest BCUT2D eigenvalue weighted by atomic mass is 10.1. The van der Waals surface area contributed by atoms with Crippen molar-refractivity contribution in [3.8, 4) is 5.75 Å². The van der Waals surface area contributed by atoms with Crippen LogP contribution in [0.1, 0.15) is 12.0 Å². The first kappa shape index (κ1) is 27.7. The van der Waals surface area contributed by atoms with Gasteiger partial charge in [-0.1, -0.05) is 12.1 Å². The molecule has 33 heavy (non-hydrogen) atoms. The van der Waals surface area contributed by atoms with Crippen LogP contribution >= 0.6 is 12.6 Å². The van der Waals surface area contributed by atoms with Gasteiger partial charge < -0.3 is 42.7 Å². The number of carboxylic acid groups (broad SMARTS) is 1. The first-order chi connectivity index (χ1) is 15.5. The fourth-order valence-electron chi connectivity index (χ4n) is 2.59. The molecular formula is C19H27N5O8S. The second kappa shape index (κ2) is 13.2.